The Labute approximate surface area is 129 Å². The zero-order valence-corrected chi connectivity index (χ0v) is 12.8. The minimum atomic E-state index is 0.833. The van der Waals surface area contributed by atoms with Gasteiger partial charge in [0.1, 0.15) is 0 Å². The number of hydrogen-bond acceptors (Lipinski definition) is 3. The topological polar surface area (TPSA) is 30.7 Å². The summed E-state index contributed by atoms with van der Waals surface area (Å²) < 4.78 is 1.92. The highest BCUT2D eigenvalue weighted by atomic mass is 32.2. The first-order valence-corrected chi connectivity index (χ1v) is 8.07. The molecule has 21 heavy (non-hydrogen) atoms. The molecule has 0 aliphatic rings. The Kier molecular flexibility index (Phi) is 4.36. The van der Waals surface area contributed by atoms with Crippen LogP contribution in [0.25, 0.3) is 17.1 Å². The van der Waals surface area contributed by atoms with E-state index in [1.54, 1.807) is 11.8 Å². The van der Waals surface area contributed by atoms with Crippen LogP contribution in [0, 0.1) is 0 Å². The van der Waals surface area contributed by atoms with Gasteiger partial charge in [0.05, 0.1) is 5.69 Å². The zero-order valence-electron chi connectivity index (χ0n) is 11.9. The van der Waals surface area contributed by atoms with Crippen molar-refractivity contribution in [2.75, 3.05) is 5.75 Å². The van der Waals surface area contributed by atoms with Crippen LogP contribution >= 0.6 is 11.8 Å². The molecule has 3 aromatic rings. The molecule has 0 aliphatic heterocycles. The van der Waals surface area contributed by atoms with E-state index in [9.17, 15) is 0 Å². The molecule has 0 aliphatic carbocycles. The van der Waals surface area contributed by atoms with Crippen LogP contribution in [-0.2, 0) is 0 Å². The molecule has 0 saturated heterocycles. The van der Waals surface area contributed by atoms with Crippen molar-refractivity contribution in [3.63, 3.8) is 0 Å². The highest BCUT2D eigenvalue weighted by Crippen LogP contribution is 2.24. The zero-order chi connectivity index (χ0) is 14.5. The highest BCUT2D eigenvalue weighted by Gasteiger charge is 2.13. The third-order valence-corrected chi connectivity index (χ3v) is 4.10. The first kappa shape index (κ1) is 13.9. The number of rotatable bonds is 5. The standard InChI is InChI=1S/C17H17N3S/c1-2-13-21-17-18-16(14-9-5-3-6-10-14)20(19-17)15-11-7-4-8-12-15/h3-12H,2,13H2,1H3. The summed E-state index contributed by atoms with van der Waals surface area (Å²) in [5.41, 5.74) is 2.12. The summed E-state index contributed by atoms with van der Waals surface area (Å²) in [6.45, 7) is 2.17. The first-order chi connectivity index (χ1) is 10.4. The molecule has 1 aromatic heterocycles. The molecule has 0 amide bonds. The highest BCUT2D eigenvalue weighted by molar-refractivity contribution is 7.99. The molecule has 0 N–H and O–H groups in total. The van der Waals surface area contributed by atoms with Crippen LogP contribution in [0.4, 0.5) is 0 Å². The Morgan fingerprint density at radius 2 is 1.62 bits per heavy atom. The van der Waals surface area contributed by atoms with Crippen LogP contribution in [0.5, 0.6) is 0 Å². The minimum Gasteiger partial charge on any atom is -0.212 e. The van der Waals surface area contributed by atoms with Crippen molar-refractivity contribution < 1.29 is 0 Å². The Bertz CT molecular complexity index is 636. The normalized spacial score (nSPS) is 10.7. The van der Waals surface area contributed by atoms with Crippen LogP contribution in [0.1, 0.15) is 13.3 Å². The molecule has 106 valence electrons. The van der Waals surface area contributed by atoms with Gasteiger partial charge in [0.25, 0.3) is 0 Å². The molecule has 0 unspecified atom stereocenters. The summed E-state index contributed by atoms with van der Waals surface area (Å²) >= 11 is 1.70. The van der Waals surface area contributed by atoms with Crippen molar-refractivity contribution in [1.29, 1.82) is 0 Å². The molecule has 0 fully saturated rings. The van der Waals surface area contributed by atoms with Gasteiger partial charge in [-0.25, -0.2) is 9.67 Å². The molecule has 3 rings (SSSR count). The Morgan fingerprint density at radius 3 is 2.29 bits per heavy atom. The van der Waals surface area contributed by atoms with Crippen molar-refractivity contribution in [3.05, 3.63) is 60.7 Å². The number of hydrogen-bond donors (Lipinski definition) is 0. The van der Waals surface area contributed by atoms with E-state index in [0.717, 1.165) is 34.4 Å². The maximum absolute atomic E-state index is 4.71. The first-order valence-electron chi connectivity index (χ1n) is 7.09. The fourth-order valence-electron chi connectivity index (χ4n) is 2.07. The van der Waals surface area contributed by atoms with Crippen LogP contribution in [0.2, 0.25) is 0 Å². The van der Waals surface area contributed by atoms with Crippen LogP contribution in [0.3, 0.4) is 0 Å². The van der Waals surface area contributed by atoms with Crippen molar-refractivity contribution in [2.24, 2.45) is 0 Å². The number of nitrogens with zero attached hydrogens (tertiary/aromatic N) is 3. The van der Waals surface area contributed by atoms with Gasteiger partial charge in [-0.1, -0.05) is 67.2 Å². The molecule has 0 spiro atoms. The smallest absolute Gasteiger partial charge is 0.209 e. The van der Waals surface area contributed by atoms with Crippen LogP contribution in [-0.4, -0.2) is 20.5 Å². The van der Waals surface area contributed by atoms with Gasteiger partial charge in [0.2, 0.25) is 5.16 Å². The Balaban J connectivity index is 2.06. The molecule has 1 heterocycles. The Hall–Kier alpha value is -2.07. The van der Waals surface area contributed by atoms with Gasteiger partial charge < -0.3 is 0 Å². The predicted molar refractivity (Wildman–Crippen MR) is 87.8 cm³/mol. The van der Waals surface area contributed by atoms with Crippen LogP contribution in [0.15, 0.2) is 65.8 Å². The summed E-state index contributed by atoms with van der Waals surface area (Å²) in [5, 5.41) is 5.50. The quantitative estimate of drug-likeness (QED) is 0.652. The average Bonchev–Trinajstić information content (AvgIpc) is 2.99. The fourth-order valence-corrected chi connectivity index (χ4v) is 2.75. The van der Waals surface area contributed by atoms with E-state index in [1.165, 1.54) is 0 Å². The summed E-state index contributed by atoms with van der Waals surface area (Å²) in [6, 6.07) is 20.3. The largest absolute Gasteiger partial charge is 0.212 e. The second kappa shape index (κ2) is 6.59. The molecule has 0 saturated carbocycles. The van der Waals surface area contributed by atoms with E-state index < -0.39 is 0 Å². The summed E-state index contributed by atoms with van der Waals surface area (Å²) in [4.78, 5) is 4.71. The van der Waals surface area contributed by atoms with E-state index in [0.29, 0.717) is 0 Å². The molecule has 0 radical (unpaired) electrons. The lowest BCUT2D eigenvalue weighted by atomic mass is 10.2. The minimum absolute atomic E-state index is 0.833. The van der Waals surface area contributed by atoms with E-state index >= 15 is 0 Å². The second-order valence-corrected chi connectivity index (χ2v) is 5.74. The maximum Gasteiger partial charge on any atom is 0.209 e. The van der Waals surface area contributed by atoms with Crippen molar-refractivity contribution >= 4 is 11.8 Å². The summed E-state index contributed by atoms with van der Waals surface area (Å²) in [7, 11) is 0. The van der Waals surface area contributed by atoms with Gasteiger partial charge in [0, 0.05) is 11.3 Å². The lowest BCUT2D eigenvalue weighted by Gasteiger charge is -2.05. The number of benzene rings is 2. The molecular formula is C17H17N3S. The van der Waals surface area contributed by atoms with Gasteiger partial charge >= 0.3 is 0 Å². The number of para-hydroxylation sites is 1. The van der Waals surface area contributed by atoms with Gasteiger partial charge in [-0.15, -0.1) is 5.10 Å². The molecule has 0 bridgehead atoms. The number of aromatic nitrogens is 3. The summed E-state index contributed by atoms with van der Waals surface area (Å²) in [5.74, 6) is 1.92. The van der Waals surface area contributed by atoms with E-state index in [2.05, 4.69) is 36.3 Å². The third kappa shape index (κ3) is 3.16. The number of thioether (sulfide) groups is 1. The Morgan fingerprint density at radius 1 is 0.952 bits per heavy atom. The predicted octanol–water partition coefficient (Wildman–Crippen LogP) is 4.44. The summed E-state index contributed by atoms with van der Waals surface area (Å²) in [6.07, 6.45) is 1.12. The van der Waals surface area contributed by atoms with Gasteiger partial charge in [-0.05, 0) is 18.6 Å². The van der Waals surface area contributed by atoms with E-state index in [4.69, 9.17) is 4.98 Å². The molecule has 3 nitrogen and oxygen atoms in total. The lowest BCUT2D eigenvalue weighted by molar-refractivity contribution is 0.838. The average molecular weight is 295 g/mol. The van der Waals surface area contributed by atoms with Crippen LogP contribution < -0.4 is 0 Å². The molecule has 2 aromatic carbocycles. The fraction of sp³-hybridized carbons (Fsp3) is 0.176. The third-order valence-electron chi connectivity index (χ3n) is 3.06. The van der Waals surface area contributed by atoms with Gasteiger partial charge in [-0.2, -0.15) is 0 Å². The molecule has 4 heteroatoms. The molecular weight excluding hydrogens is 278 g/mol. The monoisotopic (exact) mass is 295 g/mol. The molecule has 0 atom stereocenters. The van der Waals surface area contributed by atoms with Crippen molar-refractivity contribution in [2.45, 2.75) is 18.5 Å². The van der Waals surface area contributed by atoms with E-state index in [-0.39, 0.29) is 0 Å². The van der Waals surface area contributed by atoms with Gasteiger partial charge in [-0.3, -0.25) is 0 Å². The second-order valence-electron chi connectivity index (χ2n) is 4.68. The van der Waals surface area contributed by atoms with Gasteiger partial charge in [0.15, 0.2) is 5.82 Å². The maximum atomic E-state index is 4.71. The van der Waals surface area contributed by atoms with Crippen molar-refractivity contribution in [3.8, 4) is 17.1 Å². The lowest BCUT2D eigenvalue weighted by Crippen LogP contribution is -1.99. The van der Waals surface area contributed by atoms with E-state index in [1.807, 2.05) is 41.1 Å². The SMILES string of the molecule is CCCSc1nc(-c2ccccc2)n(-c2ccccc2)n1. The van der Waals surface area contributed by atoms with Crippen molar-refractivity contribution in [1.82, 2.24) is 14.8 Å².